The molecule has 1 spiro atoms. The number of piperidine rings is 2. The Morgan fingerprint density at radius 2 is 2.07 bits per heavy atom. The van der Waals surface area contributed by atoms with E-state index < -0.39 is 0 Å². The quantitative estimate of drug-likeness (QED) is 0.769. The summed E-state index contributed by atoms with van der Waals surface area (Å²) in [4.78, 5) is 37.5. The molecule has 2 aliphatic rings. The van der Waals surface area contributed by atoms with E-state index in [1.54, 1.807) is 17.2 Å². The zero-order valence-corrected chi connectivity index (χ0v) is 16.9. The molecule has 1 unspecified atom stereocenters. The topological polar surface area (TPSA) is 84.2 Å². The van der Waals surface area contributed by atoms with E-state index in [-0.39, 0.29) is 23.1 Å². The van der Waals surface area contributed by atoms with Crippen molar-refractivity contribution in [2.45, 2.75) is 45.7 Å². The highest BCUT2D eigenvalue weighted by Gasteiger charge is 2.42. The van der Waals surface area contributed by atoms with Gasteiger partial charge in [-0.25, -0.2) is 4.98 Å². The van der Waals surface area contributed by atoms with E-state index in [0.29, 0.717) is 19.5 Å². The van der Waals surface area contributed by atoms with Crippen LogP contribution in [0.1, 0.15) is 38.3 Å². The molecule has 4 heterocycles. The Bertz CT molecular complexity index is 830. The highest BCUT2D eigenvalue weighted by Crippen LogP contribution is 2.40. The van der Waals surface area contributed by atoms with Crippen LogP contribution in [-0.4, -0.2) is 61.0 Å². The van der Waals surface area contributed by atoms with Crippen LogP contribution < -0.4 is 0 Å². The Balaban J connectivity index is 1.34. The van der Waals surface area contributed by atoms with Crippen molar-refractivity contribution in [3.63, 3.8) is 0 Å². The number of hydrogen-bond donors (Lipinski definition) is 0. The summed E-state index contributed by atoms with van der Waals surface area (Å²) in [5.74, 6) is 0.258. The van der Waals surface area contributed by atoms with Crippen molar-refractivity contribution in [1.29, 1.82) is 0 Å². The largest absolute Gasteiger partial charge is 0.342 e. The molecular weight excluding hydrogens is 368 g/mol. The van der Waals surface area contributed by atoms with Gasteiger partial charge >= 0.3 is 0 Å². The van der Waals surface area contributed by atoms with Crippen LogP contribution in [0.2, 0.25) is 0 Å². The first kappa shape index (κ1) is 19.5. The second-order valence-electron chi connectivity index (χ2n) is 8.41. The fraction of sp³-hybridized carbons (Fsp3) is 0.571. The molecule has 0 N–H and O–H groups in total. The van der Waals surface area contributed by atoms with Crippen molar-refractivity contribution in [3.8, 4) is 0 Å². The number of aromatic nitrogens is 4. The third-order valence-corrected chi connectivity index (χ3v) is 6.31. The Morgan fingerprint density at radius 3 is 2.76 bits per heavy atom. The summed E-state index contributed by atoms with van der Waals surface area (Å²) in [6, 6.07) is 5.81. The lowest BCUT2D eigenvalue weighted by atomic mass is 9.72. The van der Waals surface area contributed by atoms with Gasteiger partial charge in [-0.3, -0.25) is 19.3 Å². The third-order valence-electron chi connectivity index (χ3n) is 6.31. The molecule has 29 heavy (non-hydrogen) atoms. The van der Waals surface area contributed by atoms with Crippen molar-refractivity contribution in [3.05, 3.63) is 42.7 Å². The van der Waals surface area contributed by atoms with Gasteiger partial charge in [0, 0.05) is 32.3 Å². The molecular formula is C21H28N6O2. The summed E-state index contributed by atoms with van der Waals surface area (Å²) < 4.78 is 1.70. The van der Waals surface area contributed by atoms with Gasteiger partial charge in [0.05, 0.1) is 24.7 Å². The van der Waals surface area contributed by atoms with Crippen LogP contribution in [0, 0.1) is 11.3 Å². The van der Waals surface area contributed by atoms with Crippen LogP contribution in [0.15, 0.2) is 37.1 Å². The van der Waals surface area contributed by atoms with Gasteiger partial charge in [-0.2, -0.15) is 5.10 Å². The first-order valence-electron chi connectivity index (χ1n) is 10.3. The molecule has 2 fully saturated rings. The van der Waals surface area contributed by atoms with Crippen molar-refractivity contribution >= 4 is 11.8 Å². The van der Waals surface area contributed by atoms with Gasteiger partial charge in [-0.1, -0.05) is 13.0 Å². The zero-order valence-electron chi connectivity index (χ0n) is 16.9. The van der Waals surface area contributed by atoms with Gasteiger partial charge in [-0.15, -0.1) is 0 Å². The summed E-state index contributed by atoms with van der Waals surface area (Å²) >= 11 is 0. The summed E-state index contributed by atoms with van der Waals surface area (Å²) in [5, 5.41) is 4.09. The van der Waals surface area contributed by atoms with Crippen LogP contribution in [0.3, 0.4) is 0 Å². The number of carbonyl (C=O) groups is 2. The molecule has 2 aromatic rings. The normalized spacial score (nSPS) is 20.1. The van der Waals surface area contributed by atoms with Crippen molar-refractivity contribution in [2.24, 2.45) is 11.3 Å². The first-order valence-corrected chi connectivity index (χ1v) is 10.3. The summed E-state index contributed by atoms with van der Waals surface area (Å²) in [5.41, 5.74) is 1.04. The van der Waals surface area contributed by atoms with Crippen LogP contribution in [-0.2, 0) is 22.7 Å². The fourth-order valence-corrected chi connectivity index (χ4v) is 4.54. The van der Waals surface area contributed by atoms with Gasteiger partial charge in [0.15, 0.2) is 0 Å². The first-order chi connectivity index (χ1) is 14.0. The minimum atomic E-state index is -0.126. The summed E-state index contributed by atoms with van der Waals surface area (Å²) in [7, 11) is 0. The Labute approximate surface area is 170 Å². The summed E-state index contributed by atoms with van der Waals surface area (Å²) in [6.45, 7) is 5.34. The van der Waals surface area contributed by atoms with E-state index in [0.717, 1.165) is 44.6 Å². The minimum absolute atomic E-state index is 0.120. The maximum atomic E-state index is 12.8. The van der Waals surface area contributed by atoms with Crippen LogP contribution in [0.25, 0.3) is 0 Å². The second-order valence-corrected chi connectivity index (χ2v) is 8.41. The molecule has 2 saturated heterocycles. The lowest BCUT2D eigenvalue weighted by Gasteiger charge is -2.47. The van der Waals surface area contributed by atoms with Gasteiger partial charge in [-0.05, 0) is 36.8 Å². The molecule has 0 bridgehead atoms. The number of rotatable bonds is 5. The Morgan fingerprint density at radius 1 is 1.24 bits per heavy atom. The molecule has 8 nitrogen and oxygen atoms in total. The molecule has 2 aromatic heterocycles. The lowest BCUT2D eigenvalue weighted by molar-refractivity contribution is -0.144. The fourth-order valence-electron chi connectivity index (χ4n) is 4.54. The number of pyridine rings is 1. The van der Waals surface area contributed by atoms with Gasteiger partial charge < -0.3 is 9.80 Å². The Kier molecular flexibility index (Phi) is 5.60. The number of hydrogen-bond acceptors (Lipinski definition) is 5. The minimum Gasteiger partial charge on any atom is -0.342 e. The molecule has 1 atom stereocenters. The monoisotopic (exact) mass is 396 g/mol. The molecule has 0 aromatic carbocycles. The maximum Gasteiger partial charge on any atom is 0.227 e. The molecule has 0 radical (unpaired) electrons. The van der Waals surface area contributed by atoms with Crippen LogP contribution >= 0.6 is 0 Å². The molecule has 2 amide bonds. The third kappa shape index (κ3) is 4.46. The van der Waals surface area contributed by atoms with Crippen molar-refractivity contribution in [1.82, 2.24) is 29.5 Å². The Hall–Kier alpha value is -2.77. The van der Waals surface area contributed by atoms with Gasteiger partial charge in [0.25, 0.3) is 0 Å². The van der Waals surface area contributed by atoms with Crippen molar-refractivity contribution < 1.29 is 9.59 Å². The standard InChI is InChI=1S/C21H28N6O2/c1-17(12-27-16-22-15-24-27)20(29)25-10-7-21(8-11-25)6-5-19(28)26(14-21)13-18-4-2-3-9-23-18/h2-4,9,15-17H,5-8,10-14H2,1H3. The van der Waals surface area contributed by atoms with Crippen molar-refractivity contribution in [2.75, 3.05) is 19.6 Å². The zero-order chi connectivity index (χ0) is 20.3. The average molecular weight is 396 g/mol. The van der Waals surface area contributed by atoms with Crippen LogP contribution in [0.5, 0.6) is 0 Å². The molecule has 4 rings (SSSR count). The van der Waals surface area contributed by atoms with E-state index in [9.17, 15) is 9.59 Å². The van der Waals surface area contributed by atoms with E-state index in [4.69, 9.17) is 0 Å². The number of amides is 2. The molecule has 8 heteroatoms. The average Bonchev–Trinajstić information content (AvgIpc) is 3.25. The predicted octanol–water partition coefficient (Wildman–Crippen LogP) is 1.74. The SMILES string of the molecule is CC(Cn1cncn1)C(=O)N1CCC2(CCC(=O)N(Cc3ccccn3)C2)CC1. The predicted molar refractivity (Wildman–Crippen MR) is 106 cm³/mol. The maximum absolute atomic E-state index is 12.8. The molecule has 2 aliphatic heterocycles. The number of nitrogens with zero attached hydrogens (tertiary/aromatic N) is 6. The molecule has 154 valence electrons. The van der Waals surface area contributed by atoms with E-state index in [2.05, 4.69) is 15.1 Å². The van der Waals surface area contributed by atoms with Gasteiger partial charge in [0.1, 0.15) is 12.7 Å². The second kappa shape index (κ2) is 8.31. The highest BCUT2D eigenvalue weighted by molar-refractivity contribution is 5.79. The van der Waals surface area contributed by atoms with E-state index in [1.807, 2.05) is 34.9 Å². The van der Waals surface area contributed by atoms with Gasteiger partial charge in [0.2, 0.25) is 11.8 Å². The molecule has 0 aliphatic carbocycles. The highest BCUT2D eigenvalue weighted by atomic mass is 16.2. The summed E-state index contributed by atoms with van der Waals surface area (Å²) in [6.07, 6.45) is 8.30. The lowest BCUT2D eigenvalue weighted by Crippen LogP contribution is -2.52. The van der Waals surface area contributed by atoms with Crippen LogP contribution in [0.4, 0.5) is 0 Å². The van der Waals surface area contributed by atoms with E-state index in [1.165, 1.54) is 6.33 Å². The number of carbonyl (C=O) groups excluding carboxylic acids is 2. The molecule has 0 saturated carbocycles. The van der Waals surface area contributed by atoms with E-state index >= 15 is 0 Å². The number of likely N-dealkylation sites (tertiary alicyclic amines) is 2. The smallest absolute Gasteiger partial charge is 0.227 e.